The Morgan fingerprint density at radius 1 is 0.866 bits per heavy atom. The minimum atomic E-state index is -0.782. The number of carbonyl (C=O) groups is 1. The van der Waals surface area contributed by atoms with Gasteiger partial charge in [0.25, 0.3) is 5.56 Å². The Kier molecular flexibility index (Phi) is 12.5. The second kappa shape index (κ2) is 20.1. The Hall–Kier alpha value is -8.04. The third-order valence-electron chi connectivity index (χ3n) is 17.6. The van der Waals surface area contributed by atoms with Crippen LogP contribution in [-0.2, 0) is 16.1 Å². The van der Waals surface area contributed by atoms with Gasteiger partial charge in [0.2, 0.25) is 5.91 Å². The second-order valence-electron chi connectivity index (χ2n) is 23.4. The summed E-state index contributed by atoms with van der Waals surface area (Å²) >= 11 is 1.61. The van der Waals surface area contributed by atoms with E-state index < -0.39 is 18.2 Å². The van der Waals surface area contributed by atoms with Crippen molar-refractivity contribution in [3.63, 3.8) is 0 Å². The number of likely N-dealkylation sites (tertiary alicyclic amines) is 1. The molecule has 0 radical (unpaired) electrons. The number of aryl methyl sites for hydroxylation is 2. The number of H-pyrrole nitrogens is 3. The van der Waals surface area contributed by atoms with Crippen molar-refractivity contribution in [2.45, 2.75) is 115 Å². The number of piperazine rings is 1. The van der Waals surface area contributed by atoms with E-state index in [1.807, 2.05) is 69.0 Å². The lowest BCUT2D eigenvalue weighted by molar-refractivity contribution is -0.137. The highest BCUT2D eigenvalue weighted by Crippen LogP contribution is 2.53. The molecule has 6 aromatic heterocycles. The number of nitrogens with zero attached hydrogens (tertiary/aromatic N) is 9. The molecule has 5 aliphatic rings. The van der Waals surface area contributed by atoms with Gasteiger partial charge in [0.05, 0.1) is 65.0 Å². The fourth-order valence-corrected chi connectivity index (χ4v) is 14.1. The van der Waals surface area contributed by atoms with Crippen LogP contribution in [0.3, 0.4) is 0 Å². The number of fused-ring (bicyclic) bond motifs is 7. The summed E-state index contributed by atoms with van der Waals surface area (Å²) < 4.78 is 21.4. The van der Waals surface area contributed by atoms with E-state index in [1.165, 1.54) is 5.56 Å². The highest BCUT2D eigenvalue weighted by molar-refractivity contribution is 7.13. The quantitative estimate of drug-likeness (QED) is 0.0683. The van der Waals surface area contributed by atoms with E-state index in [1.54, 1.807) is 27.1 Å². The molecule has 10 aromatic rings. The number of thiazole rings is 1. The van der Waals surface area contributed by atoms with Crippen molar-refractivity contribution in [3.05, 3.63) is 123 Å². The van der Waals surface area contributed by atoms with Crippen molar-refractivity contribution >= 4 is 66.7 Å². The summed E-state index contributed by atoms with van der Waals surface area (Å²) in [6, 6.07) is 20.5. The third-order valence-corrected chi connectivity index (χ3v) is 18.6. The number of nitrogens with one attached hydrogen (secondary N) is 4. The number of aliphatic hydroxyl groups is 1. The Bertz CT molecular complexity index is 4190. The van der Waals surface area contributed by atoms with Gasteiger partial charge in [0.1, 0.15) is 35.9 Å². The molecule has 0 unspecified atom stereocenters. The molecule has 20 heteroatoms. The van der Waals surface area contributed by atoms with Crippen molar-refractivity contribution in [2.75, 3.05) is 37.7 Å². The molecule has 82 heavy (non-hydrogen) atoms. The molecule has 4 aromatic carbocycles. The number of rotatable bonds is 14. The average Bonchev–Trinajstić information content (AvgIpc) is 3.76. The minimum Gasteiger partial charge on any atom is -0.486 e. The maximum absolute atomic E-state index is 15.0. The maximum atomic E-state index is 15.0. The number of hydrogen-bond donors (Lipinski definition) is 5. The number of imidazole rings is 1. The predicted octanol–water partition coefficient (Wildman–Crippen LogP) is 9.59. The van der Waals surface area contributed by atoms with E-state index >= 15 is 0 Å². The molecule has 1 amide bonds. The third kappa shape index (κ3) is 8.88. The molecule has 0 spiro atoms. The molecule has 15 rings (SSSR count). The molecule has 2 bridgehead atoms. The molecule has 5 fully saturated rings. The van der Waals surface area contributed by atoms with Crippen LogP contribution in [0.2, 0.25) is 0 Å². The van der Waals surface area contributed by atoms with Crippen molar-refractivity contribution in [1.82, 2.24) is 60.1 Å². The summed E-state index contributed by atoms with van der Waals surface area (Å²) in [5.41, 5.74) is 13.0. The standard InChI is InChI=1S/C62H63N13O6S/c1-31(2)55(61(78)74-27-40(76)21-50(74)58-64-25-49(67-58)36-9-11-37(12-10-36)57-33(4)65-30-82-57)75-28-46-42-13-6-34(19-48(42)68-60(77)54(46)72-75)29-80-56-52(51-32(3)5-14-47-45(51)24-66-71-47)43(35-7-8-35)22-44-53(56)69-62(81-41-15-17-79-18-16-41)70-59(44)73-26-38-20-39(73)23-63-38/h5-6,9-14,19,22,24-25,28,30-31,35,38-41,50,55,63,76H,7-8,15-18,20-21,23,26-27,29H2,1-4H3,(H,64,67)(H,66,71)(H,68,77)/t38-,39-,40+,50-,55-/m0/s1. The number of β-amino-alcohol motifs (C(OH)–C–C–N with tert-alkyl or cyclic N) is 1. The molecule has 5 N–H and O–H groups in total. The first-order chi connectivity index (χ1) is 40.0. The van der Waals surface area contributed by atoms with Gasteiger partial charge in [0.15, 0.2) is 11.3 Å². The van der Waals surface area contributed by atoms with Crippen LogP contribution in [0.5, 0.6) is 11.8 Å². The number of amides is 1. The Morgan fingerprint density at radius 2 is 1.71 bits per heavy atom. The van der Waals surface area contributed by atoms with Gasteiger partial charge in [-0.2, -0.15) is 20.2 Å². The van der Waals surface area contributed by atoms with E-state index in [-0.39, 0.29) is 42.2 Å². The number of anilines is 1. The summed E-state index contributed by atoms with van der Waals surface area (Å²) in [5.74, 6) is 2.01. The largest absolute Gasteiger partial charge is 0.486 e. The first-order valence-electron chi connectivity index (χ1n) is 28.7. The molecule has 1 saturated carbocycles. The fraction of sp³-hybridized carbons (Fsp3) is 0.387. The van der Waals surface area contributed by atoms with E-state index in [2.05, 4.69) is 72.6 Å². The smallest absolute Gasteiger partial charge is 0.319 e. The molecule has 5 atom stereocenters. The van der Waals surface area contributed by atoms with Gasteiger partial charge in [-0.3, -0.25) is 19.4 Å². The summed E-state index contributed by atoms with van der Waals surface area (Å²) in [4.78, 5) is 60.8. The lowest BCUT2D eigenvalue weighted by atomic mass is 9.89. The SMILES string of the molecule is Cc1ccc2[nH]ncc2c1-c1c(C2CC2)cc2c(N3C[C@@H]4C[C@H]3CN4)nc(OC3CCOCC3)nc2c1OCc1ccc2c(c1)[nH]c(=O)c1nn([C@H](C(=O)N3C[C@H](O)C[C@H]3c3ncc(-c4ccc(-c5scnc5C)cc4)[nH]3)C(C)C)cc12. The van der Waals surface area contributed by atoms with Crippen LogP contribution < -0.4 is 25.2 Å². The Morgan fingerprint density at radius 3 is 2.48 bits per heavy atom. The predicted molar refractivity (Wildman–Crippen MR) is 314 cm³/mol. The number of pyridine rings is 1. The average molecular weight is 1120 g/mol. The molecule has 4 aliphatic heterocycles. The maximum Gasteiger partial charge on any atom is 0.319 e. The Labute approximate surface area is 475 Å². The molecule has 418 valence electrons. The van der Waals surface area contributed by atoms with Crippen molar-refractivity contribution in [2.24, 2.45) is 5.92 Å². The van der Waals surface area contributed by atoms with E-state index in [0.29, 0.717) is 71.6 Å². The summed E-state index contributed by atoms with van der Waals surface area (Å²) in [6.45, 7) is 11.4. The highest BCUT2D eigenvalue weighted by atomic mass is 32.1. The molecular formula is C62H63N13O6S. The van der Waals surface area contributed by atoms with Crippen LogP contribution in [0.1, 0.15) is 98.6 Å². The fourth-order valence-electron chi connectivity index (χ4n) is 13.3. The number of ether oxygens (including phenoxy) is 3. The van der Waals surface area contributed by atoms with Crippen LogP contribution in [0.15, 0.2) is 89.6 Å². The van der Waals surface area contributed by atoms with Crippen molar-refractivity contribution < 1.29 is 24.1 Å². The molecule has 1 aliphatic carbocycles. The molecular weight excluding hydrogens is 1050 g/mol. The monoisotopic (exact) mass is 1120 g/mol. The number of carbonyl (C=O) groups excluding carboxylic acids is 1. The first-order valence-corrected chi connectivity index (χ1v) is 29.6. The lowest BCUT2D eigenvalue weighted by Crippen LogP contribution is -2.44. The summed E-state index contributed by atoms with van der Waals surface area (Å²) in [5, 5.41) is 30.7. The van der Waals surface area contributed by atoms with Crippen LogP contribution in [0.4, 0.5) is 5.82 Å². The van der Waals surface area contributed by atoms with E-state index in [4.69, 9.17) is 34.3 Å². The second-order valence-corrected chi connectivity index (χ2v) is 24.3. The minimum absolute atomic E-state index is 0.0784. The van der Waals surface area contributed by atoms with Gasteiger partial charge >= 0.3 is 6.01 Å². The van der Waals surface area contributed by atoms with Gasteiger partial charge in [-0.1, -0.05) is 56.3 Å². The van der Waals surface area contributed by atoms with Gasteiger partial charge in [0, 0.05) is 89.8 Å². The van der Waals surface area contributed by atoms with Gasteiger partial charge in [-0.05, 0) is 96.5 Å². The van der Waals surface area contributed by atoms with Gasteiger partial charge < -0.3 is 44.4 Å². The molecule has 19 nitrogen and oxygen atoms in total. The zero-order valence-corrected chi connectivity index (χ0v) is 46.9. The van der Waals surface area contributed by atoms with Crippen LogP contribution in [0.25, 0.3) is 76.4 Å². The zero-order valence-electron chi connectivity index (χ0n) is 46.1. The van der Waals surface area contributed by atoms with Crippen molar-refractivity contribution in [1.29, 1.82) is 0 Å². The Balaban J connectivity index is 0.771. The first kappa shape index (κ1) is 50.9. The summed E-state index contributed by atoms with van der Waals surface area (Å²) in [6.07, 6.45) is 9.68. The van der Waals surface area contributed by atoms with Crippen molar-refractivity contribution in [3.8, 4) is 44.6 Å². The number of hydrogen-bond acceptors (Lipinski definition) is 15. The topological polar surface area (TPSA) is 230 Å². The number of aromatic nitrogens is 10. The highest BCUT2D eigenvalue weighted by Gasteiger charge is 2.43. The van der Waals surface area contributed by atoms with E-state index in [9.17, 15) is 14.7 Å². The van der Waals surface area contributed by atoms with Crippen LogP contribution in [-0.4, -0.2) is 123 Å². The summed E-state index contributed by atoms with van der Waals surface area (Å²) in [7, 11) is 0. The normalized spacial score (nSPS) is 20.7. The molecule has 10 heterocycles. The number of aromatic amines is 3. The van der Waals surface area contributed by atoms with Crippen LogP contribution >= 0.6 is 11.3 Å². The number of aliphatic hydroxyl groups excluding tert-OH is 1. The zero-order chi connectivity index (χ0) is 55.5. The number of benzene rings is 4. The van der Waals surface area contributed by atoms with Gasteiger partial charge in [-0.25, -0.2) is 9.97 Å². The van der Waals surface area contributed by atoms with E-state index in [0.717, 1.165) is 122 Å². The van der Waals surface area contributed by atoms with Crippen LogP contribution in [0, 0.1) is 19.8 Å². The van der Waals surface area contributed by atoms with Gasteiger partial charge in [-0.15, -0.1) is 11.3 Å². The lowest BCUT2D eigenvalue weighted by Gasteiger charge is -2.31. The molecule has 4 saturated heterocycles.